The molecule has 3 aromatic heterocycles. The normalized spacial score (nSPS) is 13.2. The number of aromatic amines is 1. The molecule has 1 aliphatic carbocycles. The first kappa shape index (κ1) is 27.4. The van der Waals surface area contributed by atoms with Crippen molar-refractivity contribution in [1.29, 1.82) is 0 Å². The molecule has 2 aromatic carbocycles. The molecule has 6 rings (SSSR count). The van der Waals surface area contributed by atoms with Gasteiger partial charge in [-0.3, -0.25) is 23.4 Å². The third-order valence-electron chi connectivity index (χ3n) is 8.06. The topological polar surface area (TPSA) is 111 Å². The smallest absolute Gasteiger partial charge is 0.333 e. The number of hydrogen-bond donors (Lipinski definition) is 1. The highest BCUT2D eigenvalue weighted by atomic mass is 19.1. The lowest BCUT2D eigenvalue weighted by Crippen LogP contribution is -2.40. The number of rotatable bonds is 8. The first-order valence-electron chi connectivity index (χ1n) is 13.9. The van der Waals surface area contributed by atoms with E-state index in [0.717, 1.165) is 34.4 Å². The van der Waals surface area contributed by atoms with Crippen LogP contribution >= 0.6 is 0 Å². The van der Waals surface area contributed by atoms with Crippen LogP contribution in [0.2, 0.25) is 0 Å². The molecular weight excluding hydrogens is 537 g/mol. The van der Waals surface area contributed by atoms with Crippen LogP contribution in [0.4, 0.5) is 10.1 Å². The van der Waals surface area contributed by atoms with Gasteiger partial charge in [0.05, 0.1) is 17.8 Å². The summed E-state index contributed by atoms with van der Waals surface area (Å²) in [5.74, 6) is 0.290. The van der Waals surface area contributed by atoms with Crippen LogP contribution in [-0.4, -0.2) is 41.8 Å². The number of nitrogens with zero attached hydrogens (tertiary/aromatic N) is 6. The van der Waals surface area contributed by atoms with E-state index in [0.29, 0.717) is 41.6 Å². The number of H-pyrrole nitrogens is 1. The van der Waals surface area contributed by atoms with Gasteiger partial charge in [0.15, 0.2) is 5.65 Å². The zero-order valence-electron chi connectivity index (χ0n) is 24.0. The van der Waals surface area contributed by atoms with Crippen LogP contribution in [0.5, 0.6) is 0 Å². The van der Waals surface area contributed by atoms with Crippen LogP contribution in [0.25, 0.3) is 11.2 Å². The molecule has 1 aliphatic rings. The molecule has 1 amide bonds. The maximum absolute atomic E-state index is 14.4. The van der Waals surface area contributed by atoms with Gasteiger partial charge < -0.3 is 9.88 Å². The standard InChI is InChI=1S/C31H32FN7O3/c1-18-26(19(2)37(4)35-18)29(40)36(3)23-13-11-20(12-14-23)15-25-33-27-28(34-25)38(16-21-9-10-21)31(42)39(30(27)41)17-22-7-5-6-8-24(22)32/h5-8,11-14,21H,9-10,15-17H2,1-4H3,(H,33,34). The number of hydrogen-bond acceptors (Lipinski definition) is 5. The summed E-state index contributed by atoms with van der Waals surface area (Å²) in [7, 11) is 3.55. The van der Waals surface area contributed by atoms with Crippen molar-refractivity contribution in [1.82, 2.24) is 28.9 Å². The second kappa shape index (κ2) is 10.6. The summed E-state index contributed by atoms with van der Waals surface area (Å²) in [6, 6.07) is 13.7. The zero-order chi connectivity index (χ0) is 29.7. The number of halogens is 1. The van der Waals surface area contributed by atoms with Crippen molar-refractivity contribution in [2.45, 2.75) is 46.2 Å². The predicted octanol–water partition coefficient (Wildman–Crippen LogP) is 3.70. The number of fused-ring (bicyclic) bond motifs is 1. The molecule has 0 aliphatic heterocycles. The van der Waals surface area contributed by atoms with Crippen molar-refractivity contribution in [3.05, 3.63) is 109 Å². The summed E-state index contributed by atoms with van der Waals surface area (Å²) in [4.78, 5) is 49.5. The fraction of sp³-hybridized carbons (Fsp3) is 0.323. The van der Waals surface area contributed by atoms with E-state index in [4.69, 9.17) is 0 Å². The third kappa shape index (κ3) is 4.95. The van der Waals surface area contributed by atoms with Crippen LogP contribution in [0.1, 0.15) is 51.5 Å². The minimum absolute atomic E-state index is 0.136. The number of aromatic nitrogens is 6. The Kier molecular flexibility index (Phi) is 6.88. The number of carbonyl (C=O) groups excluding carboxylic acids is 1. The number of benzene rings is 2. The molecule has 1 N–H and O–H groups in total. The highest BCUT2D eigenvalue weighted by Gasteiger charge is 2.26. The fourth-order valence-corrected chi connectivity index (χ4v) is 5.36. The lowest BCUT2D eigenvalue weighted by Gasteiger charge is -2.18. The van der Waals surface area contributed by atoms with Gasteiger partial charge in [0.25, 0.3) is 11.5 Å². The Labute approximate surface area is 241 Å². The Morgan fingerprint density at radius 2 is 1.79 bits per heavy atom. The largest absolute Gasteiger partial charge is 0.336 e. The molecule has 0 spiro atoms. The molecule has 0 atom stereocenters. The Balaban J connectivity index is 1.29. The van der Waals surface area contributed by atoms with E-state index < -0.39 is 17.1 Å². The Hall–Kier alpha value is -4.80. The minimum Gasteiger partial charge on any atom is -0.336 e. The number of nitrogens with one attached hydrogen (secondary N) is 1. The highest BCUT2D eigenvalue weighted by molar-refractivity contribution is 6.07. The molecule has 0 bridgehead atoms. The number of anilines is 1. The van der Waals surface area contributed by atoms with Crippen molar-refractivity contribution in [3.8, 4) is 0 Å². The second-order valence-corrected chi connectivity index (χ2v) is 11.1. The van der Waals surface area contributed by atoms with Crippen molar-refractivity contribution < 1.29 is 9.18 Å². The van der Waals surface area contributed by atoms with Crippen LogP contribution in [0.15, 0.2) is 58.1 Å². The fourth-order valence-electron chi connectivity index (χ4n) is 5.36. The summed E-state index contributed by atoms with van der Waals surface area (Å²) >= 11 is 0. The van der Waals surface area contributed by atoms with Crippen LogP contribution in [0.3, 0.4) is 0 Å². The predicted molar refractivity (Wildman–Crippen MR) is 158 cm³/mol. The summed E-state index contributed by atoms with van der Waals surface area (Å²) in [5.41, 5.74) is 3.51. The van der Waals surface area contributed by atoms with Crippen LogP contribution < -0.4 is 16.1 Å². The maximum Gasteiger partial charge on any atom is 0.333 e. The molecule has 10 nitrogen and oxygen atoms in total. The lowest BCUT2D eigenvalue weighted by molar-refractivity contribution is 0.0991. The first-order chi connectivity index (χ1) is 20.1. The number of imidazole rings is 1. The summed E-state index contributed by atoms with van der Waals surface area (Å²) in [6.45, 7) is 3.99. The van der Waals surface area contributed by atoms with Gasteiger partial charge in [0.1, 0.15) is 17.2 Å². The molecule has 5 aromatic rings. The zero-order valence-corrected chi connectivity index (χ0v) is 24.0. The van der Waals surface area contributed by atoms with Crippen LogP contribution in [0, 0.1) is 25.6 Å². The number of carbonyl (C=O) groups is 1. The van der Waals surface area contributed by atoms with E-state index in [1.165, 1.54) is 6.07 Å². The summed E-state index contributed by atoms with van der Waals surface area (Å²) in [5, 5.41) is 4.35. The van der Waals surface area contributed by atoms with Gasteiger partial charge >= 0.3 is 5.69 Å². The Bertz CT molecular complexity index is 1940. The molecule has 0 radical (unpaired) electrons. The quantitative estimate of drug-likeness (QED) is 0.306. The van der Waals surface area contributed by atoms with Gasteiger partial charge in [-0.1, -0.05) is 30.3 Å². The van der Waals surface area contributed by atoms with Gasteiger partial charge in [-0.15, -0.1) is 0 Å². The van der Waals surface area contributed by atoms with Gasteiger partial charge in [-0.25, -0.2) is 14.2 Å². The SMILES string of the molecule is Cc1nn(C)c(C)c1C(=O)N(C)c1ccc(Cc2nc3c([nH]2)c(=O)n(Cc2ccccc2F)c(=O)n3CC2CC2)cc1. The second-order valence-electron chi connectivity index (χ2n) is 11.1. The molecule has 42 heavy (non-hydrogen) atoms. The highest BCUT2D eigenvalue weighted by Crippen LogP contribution is 2.30. The van der Waals surface area contributed by atoms with Crippen molar-refractivity contribution in [2.75, 3.05) is 11.9 Å². The molecule has 11 heteroatoms. The van der Waals surface area contributed by atoms with Crippen molar-refractivity contribution in [2.24, 2.45) is 13.0 Å². The number of amides is 1. The molecule has 1 saturated carbocycles. The molecule has 3 heterocycles. The van der Waals surface area contributed by atoms with E-state index in [-0.39, 0.29) is 23.5 Å². The van der Waals surface area contributed by atoms with Gasteiger partial charge in [0.2, 0.25) is 0 Å². The molecule has 216 valence electrons. The minimum atomic E-state index is -0.527. The third-order valence-corrected chi connectivity index (χ3v) is 8.06. The number of aryl methyl sites for hydroxylation is 2. The average Bonchev–Trinajstić information content (AvgIpc) is 3.64. The molecule has 0 saturated heterocycles. The van der Waals surface area contributed by atoms with Gasteiger partial charge in [-0.05, 0) is 56.4 Å². The summed E-state index contributed by atoms with van der Waals surface area (Å²) < 4.78 is 18.7. The Morgan fingerprint density at radius 3 is 2.43 bits per heavy atom. The monoisotopic (exact) mass is 569 g/mol. The van der Waals surface area contributed by atoms with Crippen LogP contribution in [-0.2, 0) is 26.6 Å². The molecule has 1 fully saturated rings. The van der Waals surface area contributed by atoms with Crippen molar-refractivity contribution >= 4 is 22.8 Å². The van der Waals surface area contributed by atoms with E-state index in [1.807, 2.05) is 45.2 Å². The molecule has 0 unspecified atom stereocenters. The van der Waals surface area contributed by atoms with E-state index in [2.05, 4.69) is 15.1 Å². The average molecular weight is 570 g/mol. The maximum atomic E-state index is 14.4. The van der Waals surface area contributed by atoms with E-state index in [1.54, 1.807) is 39.4 Å². The van der Waals surface area contributed by atoms with Gasteiger partial charge in [-0.2, -0.15) is 5.10 Å². The van der Waals surface area contributed by atoms with E-state index >= 15 is 0 Å². The first-order valence-corrected chi connectivity index (χ1v) is 13.9. The lowest BCUT2D eigenvalue weighted by atomic mass is 10.1. The molecular formula is C31H32FN7O3. The van der Waals surface area contributed by atoms with Crippen molar-refractivity contribution in [3.63, 3.8) is 0 Å². The van der Waals surface area contributed by atoms with Gasteiger partial charge in [0, 0.05) is 44.0 Å². The van der Waals surface area contributed by atoms with E-state index in [9.17, 15) is 18.8 Å². The Morgan fingerprint density at radius 1 is 1.07 bits per heavy atom. The summed E-state index contributed by atoms with van der Waals surface area (Å²) in [6.07, 6.45) is 2.42.